The van der Waals surface area contributed by atoms with E-state index in [4.69, 9.17) is 0 Å². The van der Waals surface area contributed by atoms with Gasteiger partial charge in [-0.05, 0) is 25.3 Å². The van der Waals surface area contributed by atoms with Gasteiger partial charge in [-0.1, -0.05) is 22.9 Å². The zero-order valence-corrected chi connectivity index (χ0v) is 12.1. The van der Waals surface area contributed by atoms with E-state index in [9.17, 15) is 4.79 Å². The van der Waals surface area contributed by atoms with E-state index >= 15 is 0 Å². The van der Waals surface area contributed by atoms with Crippen LogP contribution in [0.2, 0.25) is 0 Å². The van der Waals surface area contributed by atoms with Crippen molar-refractivity contribution < 1.29 is 4.79 Å². The monoisotopic (exact) mass is 299 g/mol. The van der Waals surface area contributed by atoms with Gasteiger partial charge < -0.3 is 4.90 Å². The fourth-order valence-electron chi connectivity index (χ4n) is 2.45. The SMILES string of the molecule is Cc1cc(C(=O)N2CCC(C)C2CBr)n(C)n1. The van der Waals surface area contributed by atoms with E-state index in [1.54, 1.807) is 4.68 Å². The Kier molecular flexibility index (Phi) is 3.56. The molecule has 2 rings (SSSR count). The average molecular weight is 300 g/mol. The Balaban J connectivity index is 2.23. The number of amides is 1. The molecule has 2 unspecified atom stereocenters. The Morgan fingerprint density at radius 3 is 2.88 bits per heavy atom. The Morgan fingerprint density at radius 1 is 1.65 bits per heavy atom. The summed E-state index contributed by atoms with van der Waals surface area (Å²) in [6.07, 6.45) is 1.08. The molecule has 1 saturated heterocycles. The number of nitrogens with zero attached hydrogens (tertiary/aromatic N) is 3. The van der Waals surface area contributed by atoms with Crippen LogP contribution >= 0.6 is 15.9 Å². The summed E-state index contributed by atoms with van der Waals surface area (Å²) in [5.41, 5.74) is 1.57. The van der Waals surface area contributed by atoms with Crippen molar-refractivity contribution in [3.8, 4) is 0 Å². The Hall–Kier alpha value is -0.840. The minimum Gasteiger partial charge on any atom is -0.333 e. The predicted octanol–water partition coefficient (Wildman–Crippen LogP) is 1.97. The third kappa shape index (κ3) is 2.25. The van der Waals surface area contributed by atoms with E-state index in [1.807, 2.05) is 24.9 Å². The Morgan fingerprint density at radius 2 is 2.35 bits per heavy atom. The number of likely N-dealkylation sites (tertiary alicyclic amines) is 1. The zero-order valence-electron chi connectivity index (χ0n) is 10.5. The first-order valence-corrected chi connectivity index (χ1v) is 7.04. The van der Waals surface area contributed by atoms with Crippen molar-refractivity contribution in [1.82, 2.24) is 14.7 Å². The Labute approximate surface area is 110 Å². The highest BCUT2D eigenvalue weighted by Crippen LogP contribution is 2.26. The van der Waals surface area contributed by atoms with Crippen LogP contribution in [0.3, 0.4) is 0 Å². The molecule has 1 aromatic heterocycles. The molecule has 17 heavy (non-hydrogen) atoms. The molecule has 1 amide bonds. The van der Waals surface area contributed by atoms with Crippen molar-refractivity contribution in [2.45, 2.75) is 26.3 Å². The van der Waals surface area contributed by atoms with Crippen LogP contribution in [0.1, 0.15) is 29.5 Å². The lowest BCUT2D eigenvalue weighted by Gasteiger charge is -2.25. The highest BCUT2D eigenvalue weighted by molar-refractivity contribution is 9.09. The molecule has 0 aromatic carbocycles. The third-order valence-electron chi connectivity index (χ3n) is 3.52. The molecule has 0 radical (unpaired) electrons. The van der Waals surface area contributed by atoms with Crippen LogP contribution in [0.4, 0.5) is 0 Å². The van der Waals surface area contributed by atoms with Gasteiger partial charge in [0, 0.05) is 25.0 Å². The normalized spacial score (nSPS) is 24.4. The molecule has 0 saturated carbocycles. The molecule has 0 spiro atoms. The molecule has 0 aliphatic carbocycles. The summed E-state index contributed by atoms with van der Waals surface area (Å²) in [5, 5.41) is 5.07. The topological polar surface area (TPSA) is 38.1 Å². The molecule has 0 bridgehead atoms. The van der Waals surface area contributed by atoms with E-state index in [0.29, 0.717) is 17.7 Å². The van der Waals surface area contributed by atoms with Gasteiger partial charge in [0.25, 0.3) is 5.91 Å². The standard InChI is InChI=1S/C12H18BrN3O/c1-8-4-5-16(11(8)7-13)12(17)10-6-9(2)14-15(10)3/h6,8,11H,4-5,7H2,1-3H3. The molecule has 94 valence electrons. The molecule has 1 aliphatic rings. The fraction of sp³-hybridized carbons (Fsp3) is 0.667. The van der Waals surface area contributed by atoms with Gasteiger partial charge in [0.15, 0.2) is 0 Å². The zero-order chi connectivity index (χ0) is 12.6. The van der Waals surface area contributed by atoms with E-state index in [1.165, 1.54) is 0 Å². The van der Waals surface area contributed by atoms with Gasteiger partial charge in [0.1, 0.15) is 5.69 Å². The summed E-state index contributed by atoms with van der Waals surface area (Å²) in [4.78, 5) is 14.4. The largest absolute Gasteiger partial charge is 0.333 e. The van der Waals surface area contributed by atoms with Crippen LogP contribution in [0.25, 0.3) is 0 Å². The van der Waals surface area contributed by atoms with Crippen molar-refractivity contribution in [3.63, 3.8) is 0 Å². The van der Waals surface area contributed by atoms with E-state index < -0.39 is 0 Å². The molecule has 2 heterocycles. The number of carbonyl (C=O) groups is 1. The molecular weight excluding hydrogens is 282 g/mol. The molecule has 0 N–H and O–H groups in total. The minimum atomic E-state index is 0.0990. The van der Waals surface area contributed by atoms with Crippen molar-refractivity contribution in [1.29, 1.82) is 0 Å². The summed E-state index contributed by atoms with van der Waals surface area (Å²) in [6, 6.07) is 2.16. The van der Waals surface area contributed by atoms with Crippen LogP contribution in [0.5, 0.6) is 0 Å². The van der Waals surface area contributed by atoms with Crippen molar-refractivity contribution in [2.24, 2.45) is 13.0 Å². The number of aromatic nitrogens is 2. The molecular formula is C12H18BrN3O. The van der Waals surface area contributed by atoms with Gasteiger partial charge in [-0.3, -0.25) is 9.48 Å². The summed E-state index contributed by atoms with van der Waals surface area (Å²) < 4.78 is 1.67. The average Bonchev–Trinajstić information content (AvgIpc) is 2.80. The lowest BCUT2D eigenvalue weighted by atomic mass is 10.1. The minimum absolute atomic E-state index is 0.0990. The highest BCUT2D eigenvalue weighted by Gasteiger charge is 2.34. The molecule has 1 aliphatic heterocycles. The number of halogens is 1. The number of aryl methyl sites for hydroxylation is 2. The van der Waals surface area contributed by atoms with Crippen LogP contribution in [0, 0.1) is 12.8 Å². The Bertz CT molecular complexity index is 429. The summed E-state index contributed by atoms with van der Waals surface area (Å²) in [7, 11) is 1.82. The molecule has 1 fully saturated rings. The first-order chi connectivity index (χ1) is 8.04. The first-order valence-electron chi connectivity index (χ1n) is 5.92. The maximum Gasteiger partial charge on any atom is 0.272 e. The number of hydrogen-bond donors (Lipinski definition) is 0. The second-order valence-electron chi connectivity index (χ2n) is 4.78. The first kappa shape index (κ1) is 12.6. The predicted molar refractivity (Wildman–Crippen MR) is 70.3 cm³/mol. The van der Waals surface area contributed by atoms with Gasteiger partial charge in [0.05, 0.1) is 5.69 Å². The van der Waals surface area contributed by atoms with Gasteiger partial charge in [-0.2, -0.15) is 5.10 Å². The lowest BCUT2D eigenvalue weighted by Crippen LogP contribution is -2.39. The van der Waals surface area contributed by atoms with Gasteiger partial charge in [-0.15, -0.1) is 0 Å². The second-order valence-corrected chi connectivity index (χ2v) is 5.43. The number of rotatable bonds is 2. The second kappa shape index (κ2) is 4.80. The van der Waals surface area contributed by atoms with E-state index in [-0.39, 0.29) is 5.91 Å². The third-order valence-corrected chi connectivity index (χ3v) is 4.19. The quantitative estimate of drug-likeness (QED) is 0.783. The molecule has 2 atom stereocenters. The molecule has 1 aromatic rings. The van der Waals surface area contributed by atoms with Gasteiger partial charge in [-0.25, -0.2) is 0 Å². The molecule has 4 nitrogen and oxygen atoms in total. The van der Waals surface area contributed by atoms with E-state index in [2.05, 4.69) is 28.0 Å². The maximum absolute atomic E-state index is 12.4. The van der Waals surface area contributed by atoms with Gasteiger partial charge >= 0.3 is 0 Å². The van der Waals surface area contributed by atoms with Crippen LogP contribution in [-0.2, 0) is 7.05 Å². The van der Waals surface area contributed by atoms with E-state index in [0.717, 1.165) is 24.0 Å². The van der Waals surface area contributed by atoms with Crippen LogP contribution in [-0.4, -0.2) is 38.5 Å². The lowest BCUT2D eigenvalue weighted by molar-refractivity contribution is 0.0727. The maximum atomic E-state index is 12.4. The fourth-order valence-corrected chi connectivity index (χ4v) is 3.44. The van der Waals surface area contributed by atoms with Crippen molar-refractivity contribution in [3.05, 3.63) is 17.5 Å². The summed E-state index contributed by atoms with van der Waals surface area (Å²) >= 11 is 3.51. The number of hydrogen-bond acceptors (Lipinski definition) is 2. The van der Waals surface area contributed by atoms with Crippen LogP contribution in [0.15, 0.2) is 6.07 Å². The summed E-state index contributed by atoms with van der Waals surface area (Å²) in [5.74, 6) is 0.662. The number of alkyl halides is 1. The van der Waals surface area contributed by atoms with Crippen molar-refractivity contribution in [2.75, 3.05) is 11.9 Å². The smallest absolute Gasteiger partial charge is 0.272 e. The molecule has 5 heteroatoms. The van der Waals surface area contributed by atoms with Crippen LogP contribution < -0.4 is 0 Å². The summed E-state index contributed by atoms with van der Waals surface area (Å²) in [6.45, 7) is 4.96. The van der Waals surface area contributed by atoms with Crippen molar-refractivity contribution >= 4 is 21.8 Å². The number of carbonyl (C=O) groups excluding carboxylic acids is 1. The van der Waals surface area contributed by atoms with Gasteiger partial charge in [0.2, 0.25) is 0 Å². The highest BCUT2D eigenvalue weighted by atomic mass is 79.9.